The van der Waals surface area contributed by atoms with Crippen molar-refractivity contribution in [3.8, 4) is 0 Å². The van der Waals surface area contributed by atoms with E-state index in [1.165, 1.54) is 11.8 Å². The largest absolute Gasteiger partial charge is 0.348 e. The fourth-order valence-corrected chi connectivity index (χ4v) is 3.50. The number of amides is 2. The van der Waals surface area contributed by atoms with Crippen LogP contribution in [-0.2, 0) is 9.59 Å². The summed E-state index contributed by atoms with van der Waals surface area (Å²) in [6.45, 7) is 3.54. The van der Waals surface area contributed by atoms with E-state index in [0.717, 1.165) is 16.1 Å². The summed E-state index contributed by atoms with van der Waals surface area (Å²) in [7, 11) is 0. The predicted molar refractivity (Wildman–Crippen MR) is 90.1 cm³/mol. The average molecular weight is 327 g/mol. The molecule has 2 aromatic rings. The maximum Gasteiger partial charge on any atom is 0.250 e. The molecule has 0 bridgehead atoms. The molecule has 2 heterocycles. The van der Waals surface area contributed by atoms with Gasteiger partial charge in [0.15, 0.2) is 4.75 Å². The van der Waals surface area contributed by atoms with Crippen LogP contribution in [-0.4, -0.2) is 21.5 Å². The third kappa shape index (κ3) is 2.94. The first-order chi connectivity index (χ1) is 11.0. The van der Waals surface area contributed by atoms with Gasteiger partial charge in [0.1, 0.15) is 0 Å². The van der Waals surface area contributed by atoms with E-state index in [9.17, 15) is 9.59 Å². The Morgan fingerprint density at radius 2 is 1.96 bits per heavy atom. The molecule has 0 radical (unpaired) electrons. The van der Waals surface area contributed by atoms with Crippen molar-refractivity contribution >= 4 is 29.3 Å². The molecule has 2 N–H and O–H groups in total. The van der Waals surface area contributed by atoms with E-state index in [2.05, 4.69) is 15.6 Å². The van der Waals surface area contributed by atoms with Crippen LogP contribution in [0, 0.1) is 0 Å². The van der Waals surface area contributed by atoms with E-state index in [1.54, 1.807) is 19.3 Å². The van der Waals surface area contributed by atoms with Gasteiger partial charge in [-0.1, -0.05) is 23.9 Å². The number of para-hydroxylation sites is 1. The maximum absolute atomic E-state index is 12.7. The molecule has 1 aromatic carbocycles. The van der Waals surface area contributed by atoms with Gasteiger partial charge in [0.25, 0.3) is 0 Å². The zero-order valence-corrected chi connectivity index (χ0v) is 13.7. The summed E-state index contributed by atoms with van der Waals surface area (Å²) in [6.07, 6.45) is 3.36. The van der Waals surface area contributed by atoms with Crippen LogP contribution in [0.15, 0.2) is 53.7 Å². The van der Waals surface area contributed by atoms with Crippen molar-refractivity contribution in [3.05, 3.63) is 54.4 Å². The van der Waals surface area contributed by atoms with Crippen molar-refractivity contribution in [2.24, 2.45) is 0 Å². The lowest BCUT2D eigenvalue weighted by Crippen LogP contribution is -2.52. The number of rotatable bonds is 3. The van der Waals surface area contributed by atoms with Crippen LogP contribution in [0.2, 0.25) is 0 Å². The number of nitrogens with zero attached hydrogens (tertiary/aromatic N) is 1. The second kappa shape index (κ2) is 6.04. The van der Waals surface area contributed by atoms with Crippen LogP contribution >= 0.6 is 11.8 Å². The molecule has 0 aliphatic carbocycles. The molecule has 0 spiro atoms. The standard InChI is InChI=1S/C17H17N3O2S/c1-11(12-7-9-18-10-8-12)19-15(21)17(2)16(22)20-13-5-3-4-6-14(13)23-17/h3-11H,1-2H3,(H,19,21)(H,20,22)/t11-,17-/m0/s1. The van der Waals surface area contributed by atoms with Crippen molar-refractivity contribution in [3.63, 3.8) is 0 Å². The van der Waals surface area contributed by atoms with Crippen molar-refractivity contribution in [1.82, 2.24) is 10.3 Å². The molecular weight excluding hydrogens is 310 g/mol. The smallest absolute Gasteiger partial charge is 0.250 e. The lowest BCUT2D eigenvalue weighted by molar-refractivity contribution is -0.130. The number of benzene rings is 1. The van der Waals surface area contributed by atoms with E-state index in [-0.39, 0.29) is 17.9 Å². The number of aromatic nitrogens is 1. The number of pyridine rings is 1. The minimum Gasteiger partial charge on any atom is -0.348 e. The molecule has 0 saturated heterocycles. The lowest BCUT2D eigenvalue weighted by atomic mass is 10.1. The fraction of sp³-hybridized carbons (Fsp3) is 0.235. The molecule has 1 aromatic heterocycles. The molecule has 1 aliphatic heterocycles. The van der Waals surface area contributed by atoms with Gasteiger partial charge in [-0.3, -0.25) is 14.6 Å². The Kier molecular flexibility index (Phi) is 4.09. The molecule has 3 rings (SSSR count). The van der Waals surface area contributed by atoms with Gasteiger partial charge in [0, 0.05) is 17.3 Å². The van der Waals surface area contributed by atoms with Crippen LogP contribution in [0.5, 0.6) is 0 Å². The van der Waals surface area contributed by atoms with Gasteiger partial charge in [-0.25, -0.2) is 0 Å². The van der Waals surface area contributed by atoms with Gasteiger partial charge < -0.3 is 10.6 Å². The topological polar surface area (TPSA) is 71.1 Å². The molecule has 5 nitrogen and oxygen atoms in total. The first-order valence-electron chi connectivity index (χ1n) is 7.31. The van der Waals surface area contributed by atoms with Crippen LogP contribution in [0.3, 0.4) is 0 Å². The summed E-state index contributed by atoms with van der Waals surface area (Å²) in [6, 6.07) is 11.0. The molecule has 118 valence electrons. The van der Waals surface area contributed by atoms with Crippen LogP contribution in [0.4, 0.5) is 5.69 Å². The minimum absolute atomic E-state index is 0.201. The Bertz CT molecular complexity index is 751. The third-order valence-electron chi connectivity index (χ3n) is 3.87. The highest BCUT2D eigenvalue weighted by atomic mass is 32.2. The summed E-state index contributed by atoms with van der Waals surface area (Å²) in [5.74, 6) is -0.612. The Morgan fingerprint density at radius 3 is 2.70 bits per heavy atom. The molecule has 6 heteroatoms. The van der Waals surface area contributed by atoms with Crippen molar-refractivity contribution in [2.45, 2.75) is 29.5 Å². The van der Waals surface area contributed by atoms with Gasteiger partial charge >= 0.3 is 0 Å². The van der Waals surface area contributed by atoms with Crippen LogP contribution in [0.1, 0.15) is 25.5 Å². The normalized spacial score (nSPS) is 21.0. The number of fused-ring (bicyclic) bond motifs is 1. The first kappa shape index (κ1) is 15.6. The van der Waals surface area contributed by atoms with Crippen molar-refractivity contribution < 1.29 is 9.59 Å². The first-order valence-corrected chi connectivity index (χ1v) is 8.13. The monoisotopic (exact) mass is 327 g/mol. The van der Waals surface area contributed by atoms with Crippen molar-refractivity contribution in [2.75, 3.05) is 5.32 Å². The predicted octanol–water partition coefficient (Wildman–Crippen LogP) is 2.76. The van der Waals surface area contributed by atoms with Crippen LogP contribution < -0.4 is 10.6 Å². The van der Waals surface area contributed by atoms with Gasteiger partial charge in [0.05, 0.1) is 11.7 Å². The highest BCUT2D eigenvalue weighted by molar-refractivity contribution is 8.02. The molecule has 23 heavy (non-hydrogen) atoms. The van der Waals surface area contributed by atoms with Gasteiger partial charge in [-0.2, -0.15) is 0 Å². The Morgan fingerprint density at radius 1 is 1.26 bits per heavy atom. The number of hydrogen-bond donors (Lipinski definition) is 2. The lowest BCUT2D eigenvalue weighted by Gasteiger charge is -2.32. The van der Waals surface area contributed by atoms with E-state index in [1.807, 2.05) is 43.3 Å². The molecule has 0 fully saturated rings. The van der Waals surface area contributed by atoms with E-state index < -0.39 is 4.75 Å². The number of anilines is 1. The summed E-state index contributed by atoms with van der Waals surface area (Å²) >= 11 is 1.28. The third-order valence-corrected chi connectivity index (χ3v) is 5.22. The Labute approximate surface area is 138 Å². The SMILES string of the molecule is C[C@H](NC(=O)[C@]1(C)Sc2ccccc2NC1=O)c1ccncc1. The highest BCUT2D eigenvalue weighted by Gasteiger charge is 2.46. The Hall–Kier alpha value is -2.34. The molecule has 0 unspecified atom stereocenters. The number of carbonyl (C=O) groups is 2. The molecule has 0 saturated carbocycles. The number of thioether (sulfide) groups is 1. The minimum atomic E-state index is -1.20. The van der Waals surface area contributed by atoms with E-state index in [4.69, 9.17) is 0 Å². The second-order valence-electron chi connectivity index (χ2n) is 5.56. The number of carbonyl (C=O) groups excluding carboxylic acids is 2. The van der Waals surface area contributed by atoms with E-state index >= 15 is 0 Å². The summed E-state index contributed by atoms with van der Waals surface area (Å²) in [5, 5.41) is 5.73. The molecule has 2 amide bonds. The van der Waals surface area contributed by atoms with Gasteiger partial charge in [-0.15, -0.1) is 0 Å². The second-order valence-corrected chi connectivity index (χ2v) is 7.02. The van der Waals surface area contributed by atoms with E-state index in [0.29, 0.717) is 0 Å². The summed E-state index contributed by atoms with van der Waals surface area (Å²) < 4.78 is -1.20. The quantitative estimate of drug-likeness (QED) is 0.851. The van der Waals surface area contributed by atoms with Gasteiger partial charge in [0.2, 0.25) is 11.8 Å². The number of nitrogens with one attached hydrogen (secondary N) is 2. The fourth-order valence-electron chi connectivity index (χ4n) is 2.39. The molecular formula is C17H17N3O2S. The molecule has 1 aliphatic rings. The maximum atomic E-state index is 12.7. The molecule has 2 atom stereocenters. The zero-order chi connectivity index (χ0) is 16.4. The summed E-state index contributed by atoms with van der Waals surface area (Å²) in [4.78, 5) is 30.0. The van der Waals surface area contributed by atoms with Gasteiger partial charge in [-0.05, 0) is 43.7 Å². The average Bonchev–Trinajstić information content (AvgIpc) is 2.56. The highest BCUT2D eigenvalue weighted by Crippen LogP contribution is 2.42. The zero-order valence-electron chi connectivity index (χ0n) is 12.9. The summed E-state index contributed by atoms with van der Waals surface area (Å²) in [5.41, 5.74) is 1.69. The van der Waals surface area contributed by atoms with Crippen LogP contribution in [0.25, 0.3) is 0 Å². The number of hydrogen-bond acceptors (Lipinski definition) is 4. The van der Waals surface area contributed by atoms with Crippen molar-refractivity contribution in [1.29, 1.82) is 0 Å². The Balaban J connectivity index is 1.80.